The summed E-state index contributed by atoms with van der Waals surface area (Å²) >= 11 is 0. The Kier molecular flexibility index (Phi) is 5.58. The smallest absolute Gasteiger partial charge is 0.227 e. The third kappa shape index (κ3) is 3.61. The lowest BCUT2D eigenvalue weighted by atomic mass is 9.69. The van der Waals surface area contributed by atoms with E-state index in [1.807, 2.05) is 18.2 Å². The first-order valence-electron chi connectivity index (χ1n) is 18.2. The highest BCUT2D eigenvalue weighted by Gasteiger charge is 2.52. The van der Waals surface area contributed by atoms with E-state index in [1.54, 1.807) is 0 Å². The Morgan fingerprint density at radius 1 is 0.558 bits per heavy atom. The Bertz CT molecular complexity index is 2870. The van der Waals surface area contributed by atoms with Crippen molar-refractivity contribution in [1.82, 2.24) is 4.98 Å². The van der Waals surface area contributed by atoms with Crippen LogP contribution in [0.5, 0.6) is 0 Å². The van der Waals surface area contributed by atoms with Gasteiger partial charge in [-0.25, -0.2) is 4.98 Å². The highest BCUT2D eigenvalue weighted by Crippen LogP contribution is 2.64. The summed E-state index contributed by atoms with van der Waals surface area (Å²) in [6.45, 7) is 0. The van der Waals surface area contributed by atoms with Crippen LogP contribution in [0, 0.1) is 5.92 Å². The molecular weight excluding hydrogens is 631 g/mol. The standard InChI is InChI=1S/C50H31NO/c1-2-11-32(12-3-1)49-51-45-27-23-31-18-19-35-28-33(21-24-36(35)46(31)48(45)52-49)34-22-25-40-41-26-20-30-10-4-5-13-37(30)47(41)50(44(40)29-34)42-16-8-6-14-38(42)39-15-7-9-17-43(39)50/h1-29,35-36H. The molecule has 4 aliphatic carbocycles. The summed E-state index contributed by atoms with van der Waals surface area (Å²) in [6.07, 6.45) is 11.8. The van der Waals surface area contributed by atoms with Gasteiger partial charge in [-0.3, -0.25) is 0 Å². The number of aromatic nitrogens is 1. The minimum Gasteiger partial charge on any atom is -0.436 e. The summed E-state index contributed by atoms with van der Waals surface area (Å²) in [5.74, 6) is 1.05. The van der Waals surface area contributed by atoms with Gasteiger partial charge in [0.25, 0.3) is 0 Å². The predicted octanol–water partition coefficient (Wildman–Crippen LogP) is 12.4. The average Bonchev–Trinajstić information content (AvgIpc) is 3.88. The first-order valence-corrected chi connectivity index (χ1v) is 18.2. The molecule has 2 nitrogen and oxygen atoms in total. The van der Waals surface area contributed by atoms with E-state index in [2.05, 4.69) is 158 Å². The van der Waals surface area contributed by atoms with E-state index >= 15 is 0 Å². The molecule has 1 heterocycles. The Hall–Kier alpha value is -6.51. The van der Waals surface area contributed by atoms with Crippen molar-refractivity contribution in [1.29, 1.82) is 0 Å². The molecule has 0 amide bonds. The number of hydrogen-bond donors (Lipinski definition) is 0. The molecule has 242 valence electrons. The predicted molar refractivity (Wildman–Crippen MR) is 212 cm³/mol. The van der Waals surface area contributed by atoms with Gasteiger partial charge in [0.1, 0.15) is 5.52 Å². The number of nitrogens with zero attached hydrogens (tertiary/aromatic N) is 1. The van der Waals surface area contributed by atoms with Crippen LogP contribution in [-0.2, 0) is 5.41 Å². The summed E-state index contributed by atoms with van der Waals surface area (Å²) < 4.78 is 6.54. The first-order chi connectivity index (χ1) is 25.8. The van der Waals surface area contributed by atoms with Crippen molar-refractivity contribution >= 4 is 33.5 Å². The van der Waals surface area contributed by atoms with Crippen LogP contribution in [0.1, 0.15) is 44.9 Å². The van der Waals surface area contributed by atoms with Crippen LogP contribution in [0.3, 0.4) is 0 Å². The number of allylic oxidation sites excluding steroid dienone is 5. The van der Waals surface area contributed by atoms with Gasteiger partial charge >= 0.3 is 0 Å². The lowest BCUT2D eigenvalue weighted by Gasteiger charge is -2.32. The maximum atomic E-state index is 6.54. The van der Waals surface area contributed by atoms with Crippen LogP contribution in [0.4, 0.5) is 0 Å². The van der Waals surface area contributed by atoms with Crippen molar-refractivity contribution in [3.8, 4) is 33.7 Å². The summed E-state index contributed by atoms with van der Waals surface area (Å²) in [4.78, 5) is 4.90. The number of oxazole rings is 1. The van der Waals surface area contributed by atoms with E-state index in [0.717, 1.165) is 16.7 Å². The molecule has 52 heavy (non-hydrogen) atoms. The Morgan fingerprint density at radius 2 is 1.29 bits per heavy atom. The number of benzene rings is 7. The summed E-state index contributed by atoms with van der Waals surface area (Å²) in [5, 5.41) is 2.60. The molecule has 0 radical (unpaired) electrons. The van der Waals surface area contributed by atoms with Gasteiger partial charge in [0.15, 0.2) is 5.58 Å². The van der Waals surface area contributed by atoms with Crippen LogP contribution in [0.15, 0.2) is 174 Å². The maximum absolute atomic E-state index is 6.54. The zero-order valence-electron chi connectivity index (χ0n) is 28.3. The number of fused-ring (bicyclic) bond motifs is 17. The molecule has 0 saturated carbocycles. The van der Waals surface area contributed by atoms with Crippen molar-refractivity contribution < 1.29 is 4.42 Å². The van der Waals surface area contributed by atoms with Gasteiger partial charge in [0.05, 0.1) is 5.41 Å². The molecule has 2 atom stereocenters. The van der Waals surface area contributed by atoms with E-state index < -0.39 is 5.41 Å². The molecule has 8 aromatic rings. The van der Waals surface area contributed by atoms with Gasteiger partial charge in [0.2, 0.25) is 5.89 Å². The normalized spacial score (nSPS) is 18.1. The van der Waals surface area contributed by atoms with Crippen LogP contribution < -0.4 is 0 Å². The lowest BCUT2D eigenvalue weighted by Crippen LogP contribution is -2.26. The second kappa shape index (κ2) is 10.3. The van der Waals surface area contributed by atoms with Crippen LogP contribution in [-0.4, -0.2) is 4.98 Å². The van der Waals surface area contributed by atoms with E-state index in [9.17, 15) is 0 Å². The summed E-state index contributed by atoms with van der Waals surface area (Å²) in [5.41, 5.74) is 18.1. The minimum absolute atomic E-state index is 0.175. The van der Waals surface area contributed by atoms with E-state index in [1.165, 1.54) is 77.5 Å². The molecule has 12 rings (SSSR count). The van der Waals surface area contributed by atoms with Crippen molar-refractivity contribution in [2.75, 3.05) is 0 Å². The Labute approximate surface area is 301 Å². The molecule has 0 N–H and O–H groups in total. The number of hydrogen-bond acceptors (Lipinski definition) is 2. The molecule has 1 spiro atoms. The third-order valence-corrected chi connectivity index (χ3v) is 12.1. The van der Waals surface area contributed by atoms with Gasteiger partial charge < -0.3 is 4.42 Å². The Balaban J connectivity index is 1.03. The van der Waals surface area contributed by atoms with Gasteiger partial charge in [-0.1, -0.05) is 152 Å². The maximum Gasteiger partial charge on any atom is 0.227 e. The molecule has 2 unspecified atom stereocenters. The van der Waals surface area contributed by atoms with Crippen LogP contribution in [0.25, 0.3) is 67.2 Å². The molecule has 0 saturated heterocycles. The highest BCUT2D eigenvalue weighted by atomic mass is 16.3. The van der Waals surface area contributed by atoms with Crippen LogP contribution in [0.2, 0.25) is 0 Å². The SMILES string of the molecule is C1=CC2c3c(ccc4nc(-c5ccccc5)oc34)C=CC2C=C1c1ccc2c(c1)C1(c3ccccc3-c3ccccc31)c1c-2ccc2ccccc12. The fourth-order valence-electron chi connectivity index (χ4n) is 9.89. The topological polar surface area (TPSA) is 26.0 Å². The summed E-state index contributed by atoms with van der Waals surface area (Å²) in [6, 6.07) is 53.4. The van der Waals surface area contributed by atoms with E-state index in [-0.39, 0.29) is 11.8 Å². The molecule has 2 heteroatoms. The van der Waals surface area contributed by atoms with E-state index in [0.29, 0.717) is 5.89 Å². The molecule has 1 aromatic heterocycles. The van der Waals surface area contributed by atoms with Gasteiger partial charge in [0, 0.05) is 23.0 Å². The fourth-order valence-corrected chi connectivity index (χ4v) is 9.89. The lowest BCUT2D eigenvalue weighted by molar-refractivity contribution is 0.602. The second-order valence-corrected chi connectivity index (χ2v) is 14.6. The zero-order valence-corrected chi connectivity index (χ0v) is 28.3. The van der Waals surface area contributed by atoms with Gasteiger partial charge in [-0.05, 0) is 96.2 Å². The molecular formula is C50H31NO. The van der Waals surface area contributed by atoms with Crippen molar-refractivity contribution in [2.45, 2.75) is 11.3 Å². The van der Waals surface area contributed by atoms with Crippen molar-refractivity contribution in [3.63, 3.8) is 0 Å². The summed E-state index contributed by atoms with van der Waals surface area (Å²) in [7, 11) is 0. The zero-order chi connectivity index (χ0) is 34.0. The quantitative estimate of drug-likeness (QED) is 0.184. The molecule has 7 aromatic carbocycles. The van der Waals surface area contributed by atoms with Gasteiger partial charge in [-0.2, -0.15) is 0 Å². The monoisotopic (exact) mass is 661 g/mol. The fraction of sp³-hybridized carbons (Fsp3) is 0.0600. The molecule has 4 aliphatic rings. The molecule has 0 aliphatic heterocycles. The molecule has 0 fully saturated rings. The Morgan fingerprint density at radius 3 is 2.13 bits per heavy atom. The average molecular weight is 662 g/mol. The molecule has 0 bridgehead atoms. The first kappa shape index (κ1) is 28.2. The van der Waals surface area contributed by atoms with Gasteiger partial charge in [-0.15, -0.1) is 0 Å². The largest absolute Gasteiger partial charge is 0.436 e. The van der Waals surface area contributed by atoms with Crippen molar-refractivity contribution in [3.05, 3.63) is 209 Å². The highest BCUT2D eigenvalue weighted by molar-refractivity contribution is 6.04. The number of rotatable bonds is 2. The minimum atomic E-state index is -0.408. The van der Waals surface area contributed by atoms with Crippen LogP contribution >= 0.6 is 0 Å². The van der Waals surface area contributed by atoms with E-state index in [4.69, 9.17) is 9.40 Å². The third-order valence-electron chi connectivity index (χ3n) is 12.1. The second-order valence-electron chi connectivity index (χ2n) is 14.6. The van der Waals surface area contributed by atoms with Crippen molar-refractivity contribution in [2.24, 2.45) is 5.92 Å².